The first-order chi connectivity index (χ1) is 10.5. The van der Waals surface area contributed by atoms with Gasteiger partial charge in [0.05, 0.1) is 20.8 Å². The molecule has 3 N–H and O–H groups in total. The normalized spacial score (nSPS) is 10.0. The van der Waals surface area contributed by atoms with Crippen LogP contribution in [0.4, 0.5) is 4.79 Å². The summed E-state index contributed by atoms with van der Waals surface area (Å²) in [4.78, 5) is 23.0. The summed E-state index contributed by atoms with van der Waals surface area (Å²) in [5, 5.41) is 7.84. The van der Waals surface area contributed by atoms with Crippen LogP contribution in [0, 0.1) is 0 Å². The zero-order chi connectivity index (χ0) is 16.5. The molecule has 1 aromatic carbocycles. The van der Waals surface area contributed by atoms with Crippen molar-refractivity contribution in [1.29, 1.82) is 0 Å². The molecule has 122 valence electrons. The van der Waals surface area contributed by atoms with E-state index in [0.717, 1.165) is 5.56 Å². The highest BCUT2D eigenvalue weighted by Crippen LogP contribution is 2.27. The number of amides is 3. The molecule has 0 radical (unpaired) electrons. The number of rotatable bonds is 7. The molecule has 1 rings (SSSR count). The fourth-order valence-corrected chi connectivity index (χ4v) is 1.73. The summed E-state index contributed by atoms with van der Waals surface area (Å²) in [6.07, 6.45) is 0. The third-order valence-electron chi connectivity index (χ3n) is 2.77. The molecule has 0 heterocycles. The number of ether oxygens (including phenoxy) is 2. The molecule has 0 aliphatic carbocycles. The van der Waals surface area contributed by atoms with Gasteiger partial charge >= 0.3 is 6.03 Å². The summed E-state index contributed by atoms with van der Waals surface area (Å²) in [6.45, 7) is 3.95. The third kappa shape index (κ3) is 5.90. The Kier molecular flexibility index (Phi) is 7.01. The van der Waals surface area contributed by atoms with Crippen molar-refractivity contribution in [1.82, 2.24) is 16.0 Å². The van der Waals surface area contributed by atoms with Gasteiger partial charge in [0.25, 0.3) is 0 Å². The largest absolute Gasteiger partial charge is 0.493 e. The van der Waals surface area contributed by atoms with Crippen LogP contribution in [0.25, 0.3) is 0 Å². The highest BCUT2D eigenvalue weighted by molar-refractivity contribution is 5.83. The summed E-state index contributed by atoms with van der Waals surface area (Å²) < 4.78 is 10.3. The van der Waals surface area contributed by atoms with E-state index in [9.17, 15) is 9.59 Å². The molecule has 7 nitrogen and oxygen atoms in total. The van der Waals surface area contributed by atoms with Crippen molar-refractivity contribution in [2.75, 3.05) is 20.8 Å². The third-order valence-corrected chi connectivity index (χ3v) is 2.77. The molecule has 0 aliphatic rings. The number of methoxy groups -OCH3 is 2. The predicted octanol–water partition coefficient (Wildman–Crippen LogP) is 1.03. The highest BCUT2D eigenvalue weighted by atomic mass is 16.5. The molecular formula is C15H23N3O4. The average molecular weight is 309 g/mol. The maximum Gasteiger partial charge on any atom is 0.315 e. The molecule has 0 bridgehead atoms. The van der Waals surface area contributed by atoms with Crippen molar-refractivity contribution >= 4 is 11.9 Å². The Morgan fingerprint density at radius 3 is 2.36 bits per heavy atom. The molecule has 0 spiro atoms. The lowest BCUT2D eigenvalue weighted by Crippen LogP contribution is -2.44. The number of hydrogen-bond donors (Lipinski definition) is 3. The van der Waals surface area contributed by atoms with E-state index < -0.39 is 0 Å². The molecule has 0 unspecified atom stereocenters. The van der Waals surface area contributed by atoms with E-state index in [4.69, 9.17) is 9.47 Å². The Morgan fingerprint density at radius 2 is 1.77 bits per heavy atom. The minimum absolute atomic E-state index is 0.0230. The van der Waals surface area contributed by atoms with Crippen LogP contribution < -0.4 is 25.4 Å². The van der Waals surface area contributed by atoms with Gasteiger partial charge in [-0.2, -0.15) is 0 Å². The molecule has 0 aromatic heterocycles. The minimum atomic E-state index is -0.365. The zero-order valence-electron chi connectivity index (χ0n) is 13.4. The number of hydrogen-bond acceptors (Lipinski definition) is 4. The van der Waals surface area contributed by atoms with Crippen LogP contribution in [-0.2, 0) is 11.3 Å². The van der Waals surface area contributed by atoms with Crippen LogP contribution >= 0.6 is 0 Å². The monoisotopic (exact) mass is 309 g/mol. The van der Waals surface area contributed by atoms with Crippen LogP contribution in [0.1, 0.15) is 19.4 Å². The molecule has 7 heteroatoms. The Balaban J connectivity index is 2.42. The summed E-state index contributed by atoms with van der Waals surface area (Å²) in [5.74, 6) is 0.960. The molecule has 3 amide bonds. The van der Waals surface area contributed by atoms with Crippen LogP contribution in [0.3, 0.4) is 0 Å². The zero-order valence-corrected chi connectivity index (χ0v) is 13.4. The summed E-state index contributed by atoms with van der Waals surface area (Å²) >= 11 is 0. The number of carbonyl (C=O) groups is 2. The van der Waals surface area contributed by atoms with Gasteiger partial charge in [0.2, 0.25) is 5.91 Å². The van der Waals surface area contributed by atoms with Crippen LogP contribution in [-0.4, -0.2) is 38.7 Å². The fraction of sp³-hybridized carbons (Fsp3) is 0.467. The van der Waals surface area contributed by atoms with Gasteiger partial charge in [-0.15, -0.1) is 0 Å². The Labute approximate surface area is 130 Å². The molecule has 0 saturated heterocycles. The maximum atomic E-state index is 11.7. The highest BCUT2D eigenvalue weighted by Gasteiger charge is 2.08. The fourth-order valence-electron chi connectivity index (χ4n) is 1.73. The molecule has 1 aromatic rings. The lowest BCUT2D eigenvalue weighted by Gasteiger charge is -2.11. The quantitative estimate of drug-likeness (QED) is 0.702. The lowest BCUT2D eigenvalue weighted by atomic mass is 10.2. The van der Waals surface area contributed by atoms with Gasteiger partial charge < -0.3 is 25.4 Å². The molecule has 0 atom stereocenters. The Bertz CT molecular complexity index is 518. The van der Waals surface area contributed by atoms with Crippen LogP contribution in [0.15, 0.2) is 18.2 Å². The second-order valence-electron chi connectivity index (χ2n) is 4.95. The van der Waals surface area contributed by atoms with Crippen molar-refractivity contribution in [2.24, 2.45) is 0 Å². The van der Waals surface area contributed by atoms with Gasteiger partial charge in [0, 0.05) is 12.6 Å². The van der Waals surface area contributed by atoms with Crippen molar-refractivity contribution < 1.29 is 19.1 Å². The maximum absolute atomic E-state index is 11.7. The van der Waals surface area contributed by atoms with E-state index in [2.05, 4.69) is 16.0 Å². The standard InChI is InChI=1S/C15H23N3O4/c1-10(2)18-15(20)17-9-14(19)16-8-11-5-6-12(21-3)13(7-11)22-4/h5-7,10H,8-9H2,1-4H3,(H,16,19)(H2,17,18,20). The van der Waals surface area contributed by atoms with Crippen molar-refractivity contribution in [3.63, 3.8) is 0 Å². The van der Waals surface area contributed by atoms with Gasteiger partial charge in [0.15, 0.2) is 11.5 Å². The van der Waals surface area contributed by atoms with E-state index in [-0.39, 0.29) is 24.5 Å². The molecule has 22 heavy (non-hydrogen) atoms. The summed E-state index contributed by atoms with van der Waals surface area (Å²) in [6, 6.07) is 5.05. The van der Waals surface area contributed by atoms with Gasteiger partial charge in [-0.05, 0) is 31.5 Å². The van der Waals surface area contributed by atoms with E-state index in [0.29, 0.717) is 18.0 Å². The predicted molar refractivity (Wildman–Crippen MR) is 83.1 cm³/mol. The van der Waals surface area contributed by atoms with Gasteiger partial charge in [-0.25, -0.2) is 4.79 Å². The number of carbonyl (C=O) groups excluding carboxylic acids is 2. The summed E-state index contributed by atoms with van der Waals surface area (Å²) in [7, 11) is 3.12. The second-order valence-corrected chi connectivity index (χ2v) is 4.95. The van der Waals surface area contributed by atoms with Gasteiger partial charge in [-0.3, -0.25) is 4.79 Å². The lowest BCUT2D eigenvalue weighted by molar-refractivity contribution is -0.120. The molecule has 0 aliphatic heterocycles. The number of urea groups is 1. The van der Waals surface area contributed by atoms with Gasteiger partial charge in [-0.1, -0.05) is 6.07 Å². The van der Waals surface area contributed by atoms with Crippen molar-refractivity contribution in [3.05, 3.63) is 23.8 Å². The first-order valence-corrected chi connectivity index (χ1v) is 6.98. The molecular weight excluding hydrogens is 286 g/mol. The van der Waals surface area contributed by atoms with Gasteiger partial charge in [0.1, 0.15) is 0 Å². The van der Waals surface area contributed by atoms with Crippen molar-refractivity contribution in [2.45, 2.75) is 26.4 Å². The SMILES string of the molecule is COc1ccc(CNC(=O)CNC(=O)NC(C)C)cc1OC. The minimum Gasteiger partial charge on any atom is -0.493 e. The van der Waals surface area contributed by atoms with Crippen LogP contribution in [0.2, 0.25) is 0 Å². The number of benzene rings is 1. The topological polar surface area (TPSA) is 88.7 Å². The van der Waals surface area contributed by atoms with Crippen molar-refractivity contribution in [3.8, 4) is 11.5 Å². The number of nitrogens with one attached hydrogen (secondary N) is 3. The van der Waals surface area contributed by atoms with E-state index in [1.165, 1.54) is 0 Å². The van der Waals surface area contributed by atoms with E-state index >= 15 is 0 Å². The first kappa shape index (κ1) is 17.6. The van der Waals surface area contributed by atoms with E-state index in [1.54, 1.807) is 26.4 Å². The molecule has 0 fully saturated rings. The van der Waals surface area contributed by atoms with E-state index in [1.807, 2.05) is 19.9 Å². The first-order valence-electron chi connectivity index (χ1n) is 6.98. The Hall–Kier alpha value is -2.44. The smallest absolute Gasteiger partial charge is 0.315 e. The molecule has 0 saturated carbocycles. The average Bonchev–Trinajstić information content (AvgIpc) is 2.49. The summed E-state index contributed by atoms with van der Waals surface area (Å²) in [5.41, 5.74) is 0.873. The van der Waals surface area contributed by atoms with Crippen LogP contribution in [0.5, 0.6) is 11.5 Å². The Morgan fingerprint density at radius 1 is 1.09 bits per heavy atom. The second kappa shape index (κ2) is 8.76.